The maximum Gasteiger partial charge on any atom is 0.237 e. The van der Waals surface area contributed by atoms with Gasteiger partial charge in [-0.1, -0.05) is 30.3 Å². The number of halogens is 1. The topological polar surface area (TPSA) is 76.4 Å². The van der Waals surface area contributed by atoms with Crippen LogP contribution in [0, 0.1) is 5.82 Å². The summed E-state index contributed by atoms with van der Waals surface area (Å²) in [4.78, 5) is 8.59. The molecule has 0 spiro atoms. The third-order valence-corrected chi connectivity index (χ3v) is 5.21. The van der Waals surface area contributed by atoms with Crippen molar-refractivity contribution < 1.29 is 12.8 Å². The molecule has 0 radical (unpaired) electrons. The van der Waals surface area contributed by atoms with Gasteiger partial charge in [0.05, 0.1) is 11.4 Å². The smallest absolute Gasteiger partial charge is 0.237 e. The number of fused-ring (bicyclic) bond motifs is 1. The summed E-state index contributed by atoms with van der Waals surface area (Å²) in [6, 6.07) is 14.5. The van der Waals surface area contributed by atoms with E-state index >= 15 is 0 Å². The minimum atomic E-state index is -3.76. The molecule has 2 aromatic heterocycles. The maximum absolute atomic E-state index is 13.7. The van der Waals surface area contributed by atoms with Gasteiger partial charge in [-0.05, 0) is 24.3 Å². The molecule has 0 amide bonds. The standard InChI is InChI=1S/C19H15FN4O2S/c20-17-8-2-1-5-15(17)13-27(25,26)23-16-7-3-6-14(11-16)18-12-24-10-4-9-21-19(24)22-18/h1-12,23H,13H2. The van der Waals surface area contributed by atoms with Crippen molar-refractivity contribution in [2.45, 2.75) is 5.75 Å². The number of hydrogen-bond acceptors (Lipinski definition) is 4. The SMILES string of the molecule is O=S(=O)(Cc1ccccc1F)Nc1cccc(-c2cn3cccnc3n2)c1. The Bertz CT molecular complexity index is 1190. The van der Waals surface area contributed by atoms with Crippen LogP contribution >= 0.6 is 0 Å². The Balaban J connectivity index is 1.60. The van der Waals surface area contributed by atoms with Crippen LogP contribution < -0.4 is 4.72 Å². The molecule has 0 saturated heterocycles. The molecule has 136 valence electrons. The molecule has 4 aromatic rings. The summed E-state index contributed by atoms with van der Waals surface area (Å²) in [5, 5.41) is 0. The van der Waals surface area contributed by atoms with Crippen LogP contribution in [0.25, 0.3) is 17.0 Å². The molecule has 0 aliphatic heterocycles. The van der Waals surface area contributed by atoms with Crippen LogP contribution in [0.5, 0.6) is 0 Å². The van der Waals surface area contributed by atoms with E-state index in [1.807, 2.05) is 18.5 Å². The fourth-order valence-corrected chi connectivity index (χ4v) is 3.95. The summed E-state index contributed by atoms with van der Waals surface area (Å²) in [5.41, 5.74) is 1.91. The number of hydrogen-bond donors (Lipinski definition) is 1. The van der Waals surface area contributed by atoms with Gasteiger partial charge in [0.15, 0.2) is 0 Å². The predicted octanol–water partition coefficient (Wildman–Crippen LogP) is 3.48. The van der Waals surface area contributed by atoms with Gasteiger partial charge in [0.2, 0.25) is 15.8 Å². The zero-order valence-corrected chi connectivity index (χ0v) is 14.9. The summed E-state index contributed by atoms with van der Waals surface area (Å²) < 4.78 is 42.8. The van der Waals surface area contributed by atoms with Crippen LogP contribution in [0.3, 0.4) is 0 Å². The van der Waals surface area contributed by atoms with Crippen molar-refractivity contribution in [3.63, 3.8) is 0 Å². The molecule has 0 bridgehead atoms. The van der Waals surface area contributed by atoms with Gasteiger partial charge >= 0.3 is 0 Å². The fraction of sp³-hybridized carbons (Fsp3) is 0.0526. The number of anilines is 1. The highest BCUT2D eigenvalue weighted by Crippen LogP contribution is 2.23. The second-order valence-corrected chi connectivity index (χ2v) is 7.71. The van der Waals surface area contributed by atoms with Gasteiger partial charge in [0, 0.05) is 35.4 Å². The molecular formula is C19H15FN4O2S. The Labute approximate surface area is 155 Å². The lowest BCUT2D eigenvalue weighted by Crippen LogP contribution is -2.15. The molecule has 2 heterocycles. The van der Waals surface area contributed by atoms with E-state index in [1.54, 1.807) is 40.9 Å². The van der Waals surface area contributed by atoms with E-state index in [2.05, 4.69) is 14.7 Å². The number of rotatable bonds is 5. The lowest BCUT2D eigenvalue weighted by Gasteiger charge is -2.09. The van der Waals surface area contributed by atoms with Gasteiger partial charge in [-0.3, -0.25) is 9.12 Å². The summed E-state index contributed by atoms with van der Waals surface area (Å²) in [6.07, 6.45) is 5.30. The first-order valence-corrected chi connectivity index (χ1v) is 9.79. The van der Waals surface area contributed by atoms with Crippen LogP contribution in [0.2, 0.25) is 0 Å². The molecule has 0 saturated carbocycles. The van der Waals surface area contributed by atoms with E-state index < -0.39 is 21.6 Å². The summed E-state index contributed by atoms with van der Waals surface area (Å²) in [7, 11) is -3.76. The van der Waals surface area contributed by atoms with Gasteiger partial charge in [0.25, 0.3) is 0 Å². The van der Waals surface area contributed by atoms with E-state index in [-0.39, 0.29) is 5.56 Å². The van der Waals surface area contributed by atoms with Gasteiger partial charge in [0.1, 0.15) is 5.82 Å². The Morgan fingerprint density at radius 3 is 2.74 bits per heavy atom. The number of nitrogens with one attached hydrogen (secondary N) is 1. The van der Waals surface area contributed by atoms with Crippen molar-refractivity contribution in [1.82, 2.24) is 14.4 Å². The van der Waals surface area contributed by atoms with E-state index in [0.717, 1.165) is 5.56 Å². The molecule has 2 aromatic carbocycles. The van der Waals surface area contributed by atoms with Crippen molar-refractivity contribution in [2.75, 3.05) is 4.72 Å². The van der Waals surface area contributed by atoms with Gasteiger partial charge in [-0.25, -0.2) is 22.8 Å². The van der Waals surface area contributed by atoms with E-state index in [4.69, 9.17) is 0 Å². The summed E-state index contributed by atoms with van der Waals surface area (Å²) >= 11 is 0. The zero-order valence-electron chi connectivity index (χ0n) is 14.1. The lowest BCUT2D eigenvalue weighted by atomic mass is 10.1. The molecule has 4 rings (SSSR count). The molecular weight excluding hydrogens is 367 g/mol. The highest BCUT2D eigenvalue weighted by atomic mass is 32.2. The summed E-state index contributed by atoms with van der Waals surface area (Å²) in [6.45, 7) is 0. The number of sulfonamides is 1. The molecule has 0 fully saturated rings. The van der Waals surface area contributed by atoms with Crippen molar-refractivity contribution in [3.05, 3.63) is 84.6 Å². The van der Waals surface area contributed by atoms with E-state index in [1.165, 1.54) is 18.2 Å². The average Bonchev–Trinajstić information content (AvgIpc) is 3.07. The predicted molar refractivity (Wildman–Crippen MR) is 101 cm³/mol. The largest absolute Gasteiger partial charge is 0.291 e. The van der Waals surface area contributed by atoms with Crippen molar-refractivity contribution in [1.29, 1.82) is 0 Å². The average molecular weight is 382 g/mol. The minimum absolute atomic E-state index is 0.118. The molecule has 0 aliphatic carbocycles. The highest BCUT2D eigenvalue weighted by molar-refractivity contribution is 7.91. The Kier molecular flexibility index (Phi) is 4.33. The Hall–Kier alpha value is -3.26. The normalized spacial score (nSPS) is 11.6. The van der Waals surface area contributed by atoms with Crippen LogP contribution in [-0.2, 0) is 15.8 Å². The fourth-order valence-electron chi connectivity index (χ4n) is 2.75. The molecule has 0 unspecified atom stereocenters. The van der Waals surface area contributed by atoms with Crippen molar-refractivity contribution in [2.24, 2.45) is 0 Å². The second kappa shape index (κ2) is 6.81. The van der Waals surface area contributed by atoms with Crippen molar-refractivity contribution in [3.8, 4) is 11.3 Å². The number of imidazole rings is 1. The monoisotopic (exact) mass is 382 g/mol. The molecule has 0 aliphatic rings. The zero-order chi connectivity index (χ0) is 18.9. The second-order valence-electron chi connectivity index (χ2n) is 5.99. The van der Waals surface area contributed by atoms with Crippen LogP contribution in [0.15, 0.2) is 73.2 Å². The van der Waals surface area contributed by atoms with Crippen molar-refractivity contribution >= 4 is 21.5 Å². The van der Waals surface area contributed by atoms with Gasteiger partial charge < -0.3 is 0 Å². The third kappa shape index (κ3) is 3.80. The Morgan fingerprint density at radius 2 is 1.93 bits per heavy atom. The third-order valence-electron chi connectivity index (χ3n) is 3.97. The quantitative estimate of drug-likeness (QED) is 0.573. The highest BCUT2D eigenvalue weighted by Gasteiger charge is 2.15. The number of benzene rings is 2. The molecule has 1 N–H and O–H groups in total. The first-order chi connectivity index (χ1) is 13.0. The molecule has 0 atom stereocenters. The van der Waals surface area contributed by atoms with Crippen LogP contribution in [0.1, 0.15) is 5.56 Å². The van der Waals surface area contributed by atoms with Crippen LogP contribution in [0.4, 0.5) is 10.1 Å². The van der Waals surface area contributed by atoms with Crippen LogP contribution in [-0.4, -0.2) is 22.8 Å². The maximum atomic E-state index is 13.7. The van der Waals surface area contributed by atoms with E-state index in [9.17, 15) is 12.8 Å². The minimum Gasteiger partial charge on any atom is -0.291 e. The first kappa shape index (κ1) is 17.2. The van der Waals surface area contributed by atoms with Gasteiger partial charge in [-0.2, -0.15) is 0 Å². The lowest BCUT2D eigenvalue weighted by molar-refractivity contribution is 0.591. The molecule has 27 heavy (non-hydrogen) atoms. The summed E-state index contributed by atoms with van der Waals surface area (Å²) in [5.74, 6) is -0.436. The van der Waals surface area contributed by atoms with E-state index in [0.29, 0.717) is 17.2 Å². The molecule has 6 nitrogen and oxygen atoms in total. The molecule has 8 heteroatoms. The number of nitrogens with zero attached hydrogens (tertiary/aromatic N) is 3. The number of aromatic nitrogens is 3. The Morgan fingerprint density at radius 1 is 1.07 bits per heavy atom. The first-order valence-electron chi connectivity index (χ1n) is 8.14. The van der Waals surface area contributed by atoms with Gasteiger partial charge in [-0.15, -0.1) is 0 Å².